The first kappa shape index (κ1) is 12.9. The van der Waals surface area contributed by atoms with Crippen LogP contribution < -0.4 is 5.32 Å². The summed E-state index contributed by atoms with van der Waals surface area (Å²) in [5, 5.41) is 13.8. The normalized spacial score (nSPS) is 22.6. The molecule has 1 aromatic rings. The largest absolute Gasteiger partial charge is 0.381 e. The maximum atomic E-state index is 13.2. The fraction of sp³-hybridized carbons (Fsp3) is 0.500. The van der Waals surface area contributed by atoms with E-state index in [1.165, 1.54) is 12.1 Å². The highest BCUT2D eigenvalue weighted by atomic mass is 19.1. The van der Waals surface area contributed by atoms with Gasteiger partial charge in [-0.15, -0.1) is 0 Å². The molecule has 1 aliphatic rings. The first-order chi connectivity index (χ1) is 8.58. The van der Waals surface area contributed by atoms with Crippen LogP contribution >= 0.6 is 0 Å². The van der Waals surface area contributed by atoms with Crippen molar-refractivity contribution in [1.29, 1.82) is 0 Å². The molecular weight excluding hydrogens is 239 g/mol. The predicted octanol–water partition coefficient (Wildman–Crippen LogP) is 2.00. The van der Waals surface area contributed by atoms with Crippen LogP contribution in [0.1, 0.15) is 18.4 Å². The van der Waals surface area contributed by atoms with Gasteiger partial charge in [-0.05, 0) is 24.5 Å². The Morgan fingerprint density at radius 2 is 2.22 bits per heavy atom. The molecule has 18 heavy (non-hydrogen) atoms. The number of benzene rings is 1. The molecule has 0 spiro atoms. The SMILES string of the molecule is COC1CC(NCc2cc(F)cc([N+](=O)[O-])c2)C1. The lowest BCUT2D eigenvalue weighted by Crippen LogP contribution is -2.44. The minimum Gasteiger partial charge on any atom is -0.381 e. The number of halogens is 1. The lowest BCUT2D eigenvalue weighted by molar-refractivity contribution is -0.385. The fourth-order valence-electron chi connectivity index (χ4n) is 2.03. The van der Waals surface area contributed by atoms with Crippen LogP contribution in [0.2, 0.25) is 0 Å². The molecule has 5 nitrogen and oxygen atoms in total. The molecule has 0 aromatic heterocycles. The van der Waals surface area contributed by atoms with Crippen molar-refractivity contribution in [3.63, 3.8) is 0 Å². The van der Waals surface area contributed by atoms with Crippen molar-refractivity contribution in [1.82, 2.24) is 5.32 Å². The molecule has 0 amide bonds. The van der Waals surface area contributed by atoms with Crippen LogP contribution in [0.4, 0.5) is 10.1 Å². The van der Waals surface area contributed by atoms with Gasteiger partial charge in [-0.2, -0.15) is 0 Å². The van der Waals surface area contributed by atoms with Gasteiger partial charge in [0.25, 0.3) is 5.69 Å². The maximum Gasteiger partial charge on any atom is 0.272 e. The number of hydrogen-bond donors (Lipinski definition) is 1. The van der Waals surface area contributed by atoms with Crippen molar-refractivity contribution in [2.24, 2.45) is 0 Å². The third-order valence-electron chi connectivity index (χ3n) is 3.18. The molecule has 0 bridgehead atoms. The molecule has 0 aliphatic heterocycles. The zero-order valence-electron chi connectivity index (χ0n) is 10.1. The lowest BCUT2D eigenvalue weighted by atomic mass is 9.89. The summed E-state index contributed by atoms with van der Waals surface area (Å²) >= 11 is 0. The number of non-ortho nitro benzene ring substituents is 1. The van der Waals surface area contributed by atoms with Gasteiger partial charge in [-0.1, -0.05) is 0 Å². The van der Waals surface area contributed by atoms with E-state index in [1.54, 1.807) is 7.11 Å². The van der Waals surface area contributed by atoms with Crippen LogP contribution in [0.3, 0.4) is 0 Å². The monoisotopic (exact) mass is 254 g/mol. The Balaban J connectivity index is 1.91. The van der Waals surface area contributed by atoms with Gasteiger partial charge in [-0.25, -0.2) is 4.39 Å². The molecule has 0 atom stereocenters. The molecule has 6 heteroatoms. The van der Waals surface area contributed by atoms with E-state index in [1.807, 2.05) is 0 Å². The molecule has 98 valence electrons. The maximum absolute atomic E-state index is 13.2. The van der Waals surface area contributed by atoms with Crippen molar-refractivity contribution in [3.8, 4) is 0 Å². The number of rotatable bonds is 5. The van der Waals surface area contributed by atoms with Crippen molar-refractivity contribution >= 4 is 5.69 Å². The van der Waals surface area contributed by atoms with Crippen LogP contribution in [0.5, 0.6) is 0 Å². The Bertz CT molecular complexity index is 447. The second-order valence-corrected chi connectivity index (χ2v) is 4.48. The average Bonchev–Trinajstić information content (AvgIpc) is 2.26. The Hall–Kier alpha value is -1.53. The van der Waals surface area contributed by atoms with Crippen LogP contribution in [-0.2, 0) is 11.3 Å². The number of nitro groups is 1. The Labute approximate surface area is 104 Å². The van der Waals surface area contributed by atoms with Gasteiger partial charge in [0.1, 0.15) is 5.82 Å². The van der Waals surface area contributed by atoms with Gasteiger partial charge in [-0.3, -0.25) is 10.1 Å². The molecule has 1 aliphatic carbocycles. The van der Waals surface area contributed by atoms with E-state index < -0.39 is 10.7 Å². The number of hydrogen-bond acceptors (Lipinski definition) is 4. The van der Waals surface area contributed by atoms with Crippen LogP contribution in [0.25, 0.3) is 0 Å². The van der Waals surface area contributed by atoms with Gasteiger partial charge in [0.2, 0.25) is 0 Å². The van der Waals surface area contributed by atoms with Crippen molar-refractivity contribution < 1.29 is 14.1 Å². The van der Waals surface area contributed by atoms with E-state index in [2.05, 4.69) is 5.32 Å². The van der Waals surface area contributed by atoms with Gasteiger partial charge in [0.05, 0.1) is 17.1 Å². The summed E-state index contributed by atoms with van der Waals surface area (Å²) in [6, 6.07) is 3.97. The highest BCUT2D eigenvalue weighted by Gasteiger charge is 2.28. The van der Waals surface area contributed by atoms with E-state index in [0.717, 1.165) is 18.9 Å². The first-order valence-electron chi connectivity index (χ1n) is 5.78. The average molecular weight is 254 g/mol. The Morgan fingerprint density at radius 1 is 1.50 bits per heavy atom. The number of nitro benzene ring substituents is 1. The highest BCUT2D eigenvalue weighted by Crippen LogP contribution is 2.23. The predicted molar refractivity (Wildman–Crippen MR) is 63.7 cm³/mol. The smallest absolute Gasteiger partial charge is 0.272 e. The van der Waals surface area contributed by atoms with Gasteiger partial charge in [0, 0.05) is 25.8 Å². The third-order valence-corrected chi connectivity index (χ3v) is 3.18. The van der Waals surface area contributed by atoms with Gasteiger partial charge >= 0.3 is 0 Å². The van der Waals surface area contributed by atoms with E-state index in [-0.39, 0.29) is 5.69 Å². The summed E-state index contributed by atoms with van der Waals surface area (Å²) in [7, 11) is 1.68. The molecule has 0 unspecified atom stereocenters. The molecule has 2 rings (SSSR count). The number of nitrogens with one attached hydrogen (secondary N) is 1. The molecule has 1 aromatic carbocycles. The minimum absolute atomic E-state index is 0.213. The summed E-state index contributed by atoms with van der Waals surface area (Å²) in [5.74, 6) is -0.579. The first-order valence-corrected chi connectivity index (χ1v) is 5.78. The van der Waals surface area contributed by atoms with Crippen molar-refractivity contribution in [3.05, 3.63) is 39.7 Å². The third kappa shape index (κ3) is 3.02. The summed E-state index contributed by atoms with van der Waals surface area (Å²) in [5.41, 5.74) is 0.373. The fourth-order valence-corrected chi connectivity index (χ4v) is 2.03. The summed E-state index contributed by atoms with van der Waals surface area (Å²) < 4.78 is 18.3. The standard InChI is InChI=1S/C12H15FN2O3/c1-18-12-5-10(6-12)14-7-8-2-9(13)4-11(3-8)15(16)17/h2-4,10,12,14H,5-7H2,1H3. The lowest BCUT2D eigenvalue weighted by Gasteiger charge is -2.34. The van der Waals surface area contributed by atoms with Crippen molar-refractivity contribution in [2.45, 2.75) is 31.5 Å². The van der Waals surface area contributed by atoms with Crippen LogP contribution in [-0.4, -0.2) is 24.2 Å². The molecule has 0 saturated heterocycles. The van der Waals surface area contributed by atoms with E-state index in [9.17, 15) is 14.5 Å². The Morgan fingerprint density at radius 3 is 2.83 bits per heavy atom. The van der Waals surface area contributed by atoms with Crippen LogP contribution in [0, 0.1) is 15.9 Å². The number of methoxy groups -OCH3 is 1. The minimum atomic E-state index is -0.586. The quantitative estimate of drug-likeness (QED) is 0.644. The summed E-state index contributed by atoms with van der Waals surface area (Å²) in [6.07, 6.45) is 2.14. The second kappa shape index (κ2) is 5.41. The second-order valence-electron chi connectivity index (χ2n) is 4.48. The highest BCUT2D eigenvalue weighted by molar-refractivity contribution is 5.35. The molecule has 0 heterocycles. The van der Waals surface area contributed by atoms with E-state index >= 15 is 0 Å². The molecule has 1 N–H and O–H groups in total. The molecule has 1 saturated carbocycles. The van der Waals surface area contributed by atoms with Gasteiger partial charge in [0.15, 0.2) is 0 Å². The van der Waals surface area contributed by atoms with E-state index in [4.69, 9.17) is 4.74 Å². The summed E-state index contributed by atoms with van der Waals surface area (Å²) in [4.78, 5) is 10.0. The van der Waals surface area contributed by atoms with Crippen molar-refractivity contribution in [2.75, 3.05) is 7.11 Å². The van der Waals surface area contributed by atoms with Crippen LogP contribution in [0.15, 0.2) is 18.2 Å². The number of nitrogens with zero attached hydrogens (tertiary/aromatic N) is 1. The Kier molecular flexibility index (Phi) is 3.88. The summed E-state index contributed by atoms with van der Waals surface area (Å²) in [6.45, 7) is 0.430. The topological polar surface area (TPSA) is 64.4 Å². The zero-order valence-corrected chi connectivity index (χ0v) is 10.1. The number of ether oxygens (including phenoxy) is 1. The molecular formula is C12H15FN2O3. The molecule has 1 fully saturated rings. The molecule has 0 radical (unpaired) electrons. The van der Waals surface area contributed by atoms with E-state index in [0.29, 0.717) is 24.3 Å². The zero-order chi connectivity index (χ0) is 13.1. The van der Waals surface area contributed by atoms with Gasteiger partial charge < -0.3 is 10.1 Å².